The summed E-state index contributed by atoms with van der Waals surface area (Å²) in [7, 11) is 0. The lowest BCUT2D eigenvalue weighted by Crippen LogP contribution is -2.37. The number of hydrogen-bond acceptors (Lipinski definition) is 6. The molecule has 0 aliphatic carbocycles. The molecule has 15 heavy (non-hydrogen) atoms. The minimum absolute atomic E-state index is 0.00305. The summed E-state index contributed by atoms with van der Waals surface area (Å²) >= 11 is 0. The second-order valence-electron chi connectivity index (χ2n) is 3.35. The average Bonchev–Trinajstić information content (AvgIpc) is 2.63. The van der Waals surface area contributed by atoms with Crippen LogP contribution in [0.25, 0.3) is 0 Å². The number of aliphatic hydroxyl groups excluding tert-OH is 1. The molecule has 1 aromatic heterocycles. The molecule has 0 aliphatic heterocycles. The van der Waals surface area contributed by atoms with Crippen molar-refractivity contribution in [3.05, 3.63) is 12.0 Å². The van der Waals surface area contributed by atoms with E-state index in [1.165, 1.54) is 6.92 Å². The van der Waals surface area contributed by atoms with E-state index >= 15 is 0 Å². The molecule has 84 valence electrons. The van der Waals surface area contributed by atoms with Gasteiger partial charge in [0, 0.05) is 6.54 Å². The Labute approximate surface area is 85.4 Å². The summed E-state index contributed by atoms with van der Waals surface area (Å²) in [5.41, 5.74) is -1.53. The van der Waals surface area contributed by atoms with Crippen molar-refractivity contribution in [1.82, 2.24) is 4.98 Å². The van der Waals surface area contributed by atoms with Crippen LogP contribution in [0.3, 0.4) is 0 Å². The van der Waals surface area contributed by atoms with Crippen LogP contribution in [-0.4, -0.2) is 45.0 Å². The number of aromatic nitrogens is 1. The van der Waals surface area contributed by atoms with Crippen LogP contribution >= 0.6 is 0 Å². The molecular weight excluding hydrogens is 204 g/mol. The fourth-order valence-electron chi connectivity index (χ4n) is 0.775. The van der Waals surface area contributed by atoms with E-state index in [2.05, 4.69) is 10.3 Å². The Bertz CT molecular complexity index is 347. The van der Waals surface area contributed by atoms with Gasteiger partial charge in [0.15, 0.2) is 5.69 Å². The first kappa shape index (κ1) is 11.5. The van der Waals surface area contributed by atoms with Gasteiger partial charge in [0.05, 0.1) is 6.61 Å². The van der Waals surface area contributed by atoms with Gasteiger partial charge in [-0.25, -0.2) is 4.79 Å². The minimum Gasteiger partial charge on any atom is -0.476 e. The molecule has 0 aliphatic rings. The molecule has 1 atom stereocenters. The van der Waals surface area contributed by atoms with E-state index in [4.69, 9.17) is 14.6 Å². The standard InChI is InChI=1S/C8H12N2O5/c1-8(14,4-11)3-9-7-10-5(2-15-7)6(12)13/h2,11,14H,3-4H2,1H3,(H,9,10)(H,12,13). The Morgan fingerprint density at radius 1 is 1.73 bits per heavy atom. The fourth-order valence-corrected chi connectivity index (χ4v) is 0.775. The zero-order valence-corrected chi connectivity index (χ0v) is 8.10. The van der Waals surface area contributed by atoms with Crippen molar-refractivity contribution >= 4 is 12.0 Å². The van der Waals surface area contributed by atoms with Crippen molar-refractivity contribution in [2.75, 3.05) is 18.5 Å². The average molecular weight is 216 g/mol. The molecule has 0 saturated carbocycles. The van der Waals surface area contributed by atoms with E-state index in [-0.39, 0.29) is 18.3 Å². The molecule has 0 saturated heterocycles. The molecule has 7 heteroatoms. The van der Waals surface area contributed by atoms with E-state index in [0.717, 1.165) is 6.26 Å². The number of oxazole rings is 1. The summed E-state index contributed by atoms with van der Waals surface area (Å²) in [5.74, 6) is -1.19. The highest BCUT2D eigenvalue weighted by Crippen LogP contribution is 2.09. The van der Waals surface area contributed by atoms with Gasteiger partial charge >= 0.3 is 5.97 Å². The van der Waals surface area contributed by atoms with Crippen molar-refractivity contribution in [3.8, 4) is 0 Å². The summed E-state index contributed by atoms with van der Waals surface area (Å²) in [4.78, 5) is 14.0. The van der Waals surface area contributed by atoms with Crippen LogP contribution < -0.4 is 5.32 Å². The normalized spacial score (nSPS) is 14.6. The lowest BCUT2D eigenvalue weighted by atomic mass is 10.1. The Balaban J connectivity index is 2.55. The predicted octanol–water partition coefficient (Wildman–Crippen LogP) is -0.472. The van der Waals surface area contributed by atoms with Crippen molar-refractivity contribution < 1.29 is 24.5 Å². The molecule has 0 radical (unpaired) electrons. The van der Waals surface area contributed by atoms with Gasteiger partial charge in [-0.05, 0) is 6.92 Å². The second kappa shape index (κ2) is 4.28. The molecule has 1 unspecified atom stereocenters. The van der Waals surface area contributed by atoms with Gasteiger partial charge in [-0.3, -0.25) is 0 Å². The van der Waals surface area contributed by atoms with Gasteiger partial charge in [-0.1, -0.05) is 0 Å². The Morgan fingerprint density at radius 2 is 2.40 bits per heavy atom. The maximum atomic E-state index is 10.4. The third-order valence-corrected chi connectivity index (χ3v) is 1.68. The first-order valence-corrected chi connectivity index (χ1v) is 4.20. The molecule has 4 N–H and O–H groups in total. The van der Waals surface area contributed by atoms with E-state index < -0.39 is 18.2 Å². The van der Waals surface area contributed by atoms with Gasteiger partial charge in [-0.15, -0.1) is 0 Å². The number of hydrogen-bond donors (Lipinski definition) is 4. The summed E-state index contributed by atoms with van der Waals surface area (Å²) in [6.07, 6.45) is 0.984. The van der Waals surface area contributed by atoms with Crippen molar-refractivity contribution in [1.29, 1.82) is 0 Å². The highest BCUT2D eigenvalue weighted by molar-refractivity contribution is 5.85. The van der Waals surface area contributed by atoms with E-state index in [1.807, 2.05) is 0 Å². The highest BCUT2D eigenvalue weighted by Gasteiger charge is 2.20. The van der Waals surface area contributed by atoms with Crippen LogP contribution in [-0.2, 0) is 0 Å². The van der Waals surface area contributed by atoms with Crippen LogP contribution in [0.1, 0.15) is 17.4 Å². The zero-order valence-electron chi connectivity index (χ0n) is 8.10. The number of nitrogens with zero attached hydrogens (tertiary/aromatic N) is 1. The number of carbonyl (C=O) groups is 1. The maximum Gasteiger partial charge on any atom is 0.357 e. The highest BCUT2D eigenvalue weighted by atomic mass is 16.4. The van der Waals surface area contributed by atoms with Crippen LogP contribution in [0.5, 0.6) is 0 Å². The number of anilines is 1. The summed E-state index contributed by atoms with van der Waals surface area (Å²) in [6, 6.07) is -0.0128. The largest absolute Gasteiger partial charge is 0.476 e. The number of rotatable bonds is 5. The Morgan fingerprint density at radius 3 is 2.87 bits per heavy atom. The predicted molar refractivity (Wildman–Crippen MR) is 49.7 cm³/mol. The topological polar surface area (TPSA) is 116 Å². The molecule has 0 amide bonds. The summed E-state index contributed by atoms with van der Waals surface area (Å²) in [5, 5.41) is 29.2. The monoisotopic (exact) mass is 216 g/mol. The van der Waals surface area contributed by atoms with Gasteiger partial charge in [0.25, 0.3) is 6.01 Å². The molecule has 1 rings (SSSR count). The van der Waals surface area contributed by atoms with Crippen molar-refractivity contribution in [2.24, 2.45) is 0 Å². The van der Waals surface area contributed by atoms with E-state index in [0.29, 0.717) is 0 Å². The molecular formula is C8H12N2O5. The van der Waals surface area contributed by atoms with Crippen LogP contribution in [0.4, 0.5) is 6.01 Å². The third-order valence-electron chi connectivity index (χ3n) is 1.68. The molecule has 0 bridgehead atoms. The summed E-state index contributed by atoms with van der Waals surface area (Å²) in [6.45, 7) is 0.997. The van der Waals surface area contributed by atoms with Gasteiger partial charge < -0.3 is 25.1 Å². The number of nitrogens with one attached hydrogen (secondary N) is 1. The molecule has 7 nitrogen and oxygen atoms in total. The SMILES string of the molecule is CC(O)(CO)CNc1nc(C(=O)O)co1. The molecule has 1 aromatic rings. The molecule has 0 aromatic carbocycles. The Hall–Kier alpha value is -1.60. The molecule has 1 heterocycles. The Kier molecular flexibility index (Phi) is 3.28. The zero-order chi connectivity index (χ0) is 11.5. The summed E-state index contributed by atoms with van der Waals surface area (Å²) < 4.78 is 4.77. The van der Waals surface area contributed by atoms with Crippen LogP contribution in [0.15, 0.2) is 10.7 Å². The fraction of sp³-hybridized carbons (Fsp3) is 0.500. The van der Waals surface area contributed by atoms with E-state index in [9.17, 15) is 9.90 Å². The lowest BCUT2D eigenvalue weighted by Gasteiger charge is -2.19. The van der Waals surface area contributed by atoms with Gasteiger partial charge in [0.2, 0.25) is 0 Å². The van der Waals surface area contributed by atoms with Crippen LogP contribution in [0.2, 0.25) is 0 Å². The van der Waals surface area contributed by atoms with Crippen molar-refractivity contribution in [3.63, 3.8) is 0 Å². The molecule has 0 fully saturated rings. The van der Waals surface area contributed by atoms with Crippen molar-refractivity contribution in [2.45, 2.75) is 12.5 Å². The number of carboxylic acids is 1. The smallest absolute Gasteiger partial charge is 0.357 e. The second-order valence-corrected chi connectivity index (χ2v) is 3.35. The molecule has 0 spiro atoms. The van der Waals surface area contributed by atoms with E-state index in [1.54, 1.807) is 0 Å². The quantitative estimate of drug-likeness (QED) is 0.525. The van der Waals surface area contributed by atoms with Crippen LogP contribution in [0, 0.1) is 0 Å². The first-order chi connectivity index (χ1) is 6.94. The number of carboxylic acid groups (broad SMARTS) is 1. The number of aliphatic hydroxyl groups is 2. The lowest BCUT2D eigenvalue weighted by molar-refractivity contribution is 0.0128. The van der Waals surface area contributed by atoms with Gasteiger partial charge in [-0.2, -0.15) is 4.98 Å². The number of aromatic carboxylic acids is 1. The first-order valence-electron chi connectivity index (χ1n) is 4.20. The third kappa shape index (κ3) is 3.22. The van der Waals surface area contributed by atoms with Gasteiger partial charge in [0.1, 0.15) is 11.9 Å². The maximum absolute atomic E-state index is 10.4. The minimum atomic E-state index is -1.31.